The van der Waals surface area contributed by atoms with Gasteiger partial charge in [-0.15, -0.1) is 0 Å². The molecular weight excluding hydrogens is 251 g/mol. The van der Waals surface area contributed by atoms with E-state index in [2.05, 4.69) is 17.0 Å². The Hall–Kier alpha value is -1.71. The van der Waals surface area contributed by atoms with E-state index in [0.717, 1.165) is 24.2 Å². The molecule has 0 atom stereocenters. The lowest BCUT2D eigenvalue weighted by Crippen LogP contribution is -2.29. The lowest BCUT2D eigenvalue weighted by molar-refractivity contribution is 0.260. The van der Waals surface area contributed by atoms with Gasteiger partial charge < -0.3 is 5.73 Å². The van der Waals surface area contributed by atoms with Gasteiger partial charge in [-0.2, -0.15) is 0 Å². The fourth-order valence-corrected chi connectivity index (χ4v) is 2.30. The maximum absolute atomic E-state index is 13.9. The summed E-state index contributed by atoms with van der Waals surface area (Å²) >= 11 is 0. The van der Waals surface area contributed by atoms with Crippen molar-refractivity contribution in [2.45, 2.75) is 20.0 Å². The third kappa shape index (κ3) is 4.15. The number of hydrogen-bond acceptors (Lipinski definition) is 2. The Balaban J connectivity index is 2.11. The summed E-state index contributed by atoms with van der Waals surface area (Å²) < 4.78 is 13.9. The molecule has 2 aromatic carbocycles. The summed E-state index contributed by atoms with van der Waals surface area (Å²) in [5.74, 6) is -0.148. The lowest BCUT2D eigenvalue weighted by atomic mass is 10.1. The summed E-state index contributed by atoms with van der Waals surface area (Å²) in [6.07, 6.45) is 0. The van der Waals surface area contributed by atoms with Crippen molar-refractivity contribution in [3.63, 3.8) is 0 Å². The van der Waals surface area contributed by atoms with Crippen LogP contribution in [0.2, 0.25) is 0 Å². The summed E-state index contributed by atoms with van der Waals surface area (Å²) in [7, 11) is 0. The van der Waals surface area contributed by atoms with Crippen LogP contribution in [0.25, 0.3) is 0 Å². The largest absolute Gasteiger partial charge is 0.329 e. The number of hydrogen-bond donors (Lipinski definition) is 1. The first-order chi connectivity index (χ1) is 9.69. The molecule has 0 amide bonds. The molecule has 0 bridgehead atoms. The van der Waals surface area contributed by atoms with Gasteiger partial charge in [-0.05, 0) is 18.6 Å². The summed E-state index contributed by atoms with van der Waals surface area (Å²) in [6, 6.07) is 15.4. The predicted molar refractivity (Wildman–Crippen MR) is 80.7 cm³/mol. The highest BCUT2D eigenvalue weighted by Gasteiger charge is 2.10. The van der Waals surface area contributed by atoms with E-state index < -0.39 is 0 Å². The molecule has 0 fully saturated rings. The molecule has 0 spiro atoms. The van der Waals surface area contributed by atoms with Gasteiger partial charge in [-0.3, -0.25) is 4.90 Å². The van der Waals surface area contributed by atoms with E-state index in [0.29, 0.717) is 13.1 Å². The molecule has 2 aromatic rings. The highest BCUT2D eigenvalue weighted by atomic mass is 19.1. The highest BCUT2D eigenvalue weighted by molar-refractivity contribution is 5.24. The molecule has 0 unspecified atom stereocenters. The van der Waals surface area contributed by atoms with Gasteiger partial charge in [0.1, 0.15) is 5.82 Å². The molecule has 106 valence electrons. The molecule has 0 aliphatic rings. The molecule has 0 aliphatic carbocycles. The minimum absolute atomic E-state index is 0.148. The zero-order valence-electron chi connectivity index (χ0n) is 11.8. The Kier molecular flexibility index (Phi) is 5.27. The van der Waals surface area contributed by atoms with E-state index in [1.165, 1.54) is 11.6 Å². The van der Waals surface area contributed by atoms with Crippen molar-refractivity contribution in [3.8, 4) is 0 Å². The Bertz CT molecular complexity index is 540. The number of aryl methyl sites for hydroxylation is 1. The standard InChI is InChI=1S/C17H21FN2/c1-14-7-8-17(18)16(11-14)13-20(10-9-19)12-15-5-3-2-4-6-15/h2-8,11H,9-10,12-13,19H2,1H3. The zero-order valence-corrected chi connectivity index (χ0v) is 11.8. The van der Waals surface area contributed by atoms with Crippen molar-refractivity contribution in [2.24, 2.45) is 5.73 Å². The van der Waals surface area contributed by atoms with Gasteiger partial charge in [0.05, 0.1) is 0 Å². The number of benzene rings is 2. The monoisotopic (exact) mass is 272 g/mol. The maximum atomic E-state index is 13.9. The second-order valence-corrected chi connectivity index (χ2v) is 5.08. The van der Waals surface area contributed by atoms with Crippen LogP contribution in [-0.4, -0.2) is 18.0 Å². The number of nitrogens with zero attached hydrogens (tertiary/aromatic N) is 1. The molecule has 0 saturated heterocycles. The summed E-state index contributed by atoms with van der Waals surface area (Å²) in [5, 5.41) is 0. The van der Waals surface area contributed by atoms with Crippen molar-refractivity contribution >= 4 is 0 Å². The van der Waals surface area contributed by atoms with Crippen molar-refractivity contribution in [1.82, 2.24) is 4.90 Å². The molecule has 0 radical (unpaired) electrons. The van der Waals surface area contributed by atoms with E-state index in [4.69, 9.17) is 5.73 Å². The molecule has 0 aliphatic heterocycles. The van der Waals surface area contributed by atoms with Crippen LogP contribution < -0.4 is 5.73 Å². The van der Waals surface area contributed by atoms with Crippen LogP contribution in [0.4, 0.5) is 4.39 Å². The smallest absolute Gasteiger partial charge is 0.127 e. The molecule has 2 nitrogen and oxygen atoms in total. The molecule has 3 heteroatoms. The van der Waals surface area contributed by atoms with Gasteiger partial charge in [0, 0.05) is 31.7 Å². The van der Waals surface area contributed by atoms with Crippen LogP contribution in [-0.2, 0) is 13.1 Å². The molecule has 2 rings (SSSR count). The van der Waals surface area contributed by atoms with Crippen molar-refractivity contribution in [1.29, 1.82) is 0 Å². The molecule has 20 heavy (non-hydrogen) atoms. The van der Waals surface area contributed by atoms with E-state index >= 15 is 0 Å². The van der Waals surface area contributed by atoms with Gasteiger partial charge in [-0.25, -0.2) is 4.39 Å². The van der Waals surface area contributed by atoms with Gasteiger partial charge in [0.25, 0.3) is 0 Å². The van der Waals surface area contributed by atoms with E-state index in [1.807, 2.05) is 31.2 Å². The zero-order chi connectivity index (χ0) is 14.4. The normalized spacial score (nSPS) is 11.0. The third-order valence-electron chi connectivity index (χ3n) is 3.29. The lowest BCUT2D eigenvalue weighted by Gasteiger charge is -2.22. The van der Waals surface area contributed by atoms with Crippen LogP contribution >= 0.6 is 0 Å². The number of nitrogens with two attached hydrogens (primary N) is 1. The first-order valence-electron chi connectivity index (χ1n) is 6.90. The SMILES string of the molecule is Cc1ccc(F)c(CN(CCN)Cc2ccccc2)c1. The highest BCUT2D eigenvalue weighted by Crippen LogP contribution is 2.14. The molecular formula is C17H21FN2. The Morgan fingerprint density at radius 2 is 1.80 bits per heavy atom. The molecule has 0 saturated carbocycles. The van der Waals surface area contributed by atoms with Crippen LogP contribution in [0.1, 0.15) is 16.7 Å². The first kappa shape index (κ1) is 14.7. The second-order valence-electron chi connectivity index (χ2n) is 5.08. The third-order valence-corrected chi connectivity index (χ3v) is 3.29. The van der Waals surface area contributed by atoms with Crippen molar-refractivity contribution in [3.05, 3.63) is 71.0 Å². The quantitative estimate of drug-likeness (QED) is 0.875. The molecule has 0 aromatic heterocycles. The number of halogens is 1. The van der Waals surface area contributed by atoms with Crippen molar-refractivity contribution in [2.75, 3.05) is 13.1 Å². The number of rotatable bonds is 6. The summed E-state index contributed by atoms with van der Waals surface area (Å²) in [4.78, 5) is 2.17. The maximum Gasteiger partial charge on any atom is 0.127 e. The fraction of sp³-hybridized carbons (Fsp3) is 0.294. The van der Waals surface area contributed by atoms with Crippen LogP contribution in [0.15, 0.2) is 48.5 Å². The summed E-state index contributed by atoms with van der Waals surface area (Å²) in [5.41, 5.74) is 8.69. The topological polar surface area (TPSA) is 29.3 Å². The average Bonchev–Trinajstić information content (AvgIpc) is 2.44. The first-order valence-corrected chi connectivity index (χ1v) is 6.90. The van der Waals surface area contributed by atoms with Gasteiger partial charge in [-0.1, -0.05) is 48.0 Å². The minimum atomic E-state index is -0.148. The van der Waals surface area contributed by atoms with Gasteiger partial charge in [0.2, 0.25) is 0 Å². The van der Waals surface area contributed by atoms with E-state index in [9.17, 15) is 4.39 Å². The molecule has 2 N–H and O–H groups in total. The minimum Gasteiger partial charge on any atom is -0.329 e. The predicted octanol–water partition coefficient (Wildman–Crippen LogP) is 3.10. The van der Waals surface area contributed by atoms with Crippen LogP contribution in [0, 0.1) is 12.7 Å². The Morgan fingerprint density at radius 3 is 2.50 bits per heavy atom. The average molecular weight is 272 g/mol. The van der Waals surface area contributed by atoms with Gasteiger partial charge in [0.15, 0.2) is 0 Å². The summed E-state index contributed by atoms with van der Waals surface area (Å²) in [6.45, 7) is 4.67. The second kappa shape index (κ2) is 7.17. The van der Waals surface area contributed by atoms with E-state index in [1.54, 1.807) is 6.07 Å². The van der Waals surface area contributed by atoms with E-state index in [-0.39, 0.29) is 5.82 Å². The van der Waals surface area contributed by atoms with Crippen LogP contribution in [0.5, 0.6) is 0 Å². The van der Waals surface area contributed by atoms with Crippen molar-refractivity contribution < 1.29 is 4.39 Å². The Morgan fingerprint density at radius 1 is 1.05 bits per heavy atom. The fourth-order valence-electron chi connectivity index (χ4n) is 2.30. The Labute approximate surface area is 120 Å². The molecule has 0 heterocycles. The van der Waals surface area contributed by atoms with Gasteiger partial charge >= 0.3 is 0 Å². The van der Waals surface area contributed by atoms with Crippen LogP contribution in [0.3, 0.4) is 0 Å².